The minimum atomic E-state index is -1.07. The summed E-state index contributed by atoms with van der Waals surface area (Å²) >= 11 is 0. The highest BCUT2D eigenvalue weighted by atomic mass is 16.5. The average Bonchev–Trinajstić information content (AvgIpc) is 3.05. The van der Waals surface area contributed by atoms with E-state index in [-0.39, 0.29) is 18.9 Å². The number of carbonyl (C=O) groups excluding carboxylic acids is 1. The van der Waals surface area contributed by atoms with Gasteiger partial charge in [0.2, 0.25) is 0 Å². The van der Waals surface area contributed by atoms with Crippen LogP contribution >= 0.6 is 0 Å². The van der Waals surface area contributed by atoms with Crippen LogP contribution in [0.3, 0.4) is 0 Å². The van der Waals surface area contributed by atoms with Gasteiger partial charge in [0.15, 0.2) is 0 Å². The maximum Gasteiger partial charge on any atom is 0.407 e. The molecule has 5 nitrogen and oxygen atoms in total. The fraction of sp³-hybridized carbons (Fsp3) is 0.333. The van der Waals surface area contributed by atoms with Crippen molar-refractivity contribution in [2.45, 2.75) is 44.6 Å². The maximum atomic E-state index is 12.3. The van der Waals surface area contributed by atoms with E-state index in [2.05, 4.69) is 24.4 Å². The Kier molecular flexibility index (Phi) is 7.06. The number of carboxylic acid groups (broad SMARTS) is 1. The van der Waals surface area contributed by atoms with Crippen LogP contribution in [-0.2, 0) is 9.53 Å². The average molecular weight is 393 g/mol. The van der Waals surface area contributed by atoms with E-state index >= 15 is 0 Å². The number of benzene rings is 2. The van der Waals surface area contributed by atoms with Crippen molar-refractivity contribution < 1.29 is 19.4 Å². The van der Waals surface area contributed by atoms with Gasteiger partial charge in [-0.25, -0.2) is 9.59 Å². The lowest BCUT2D eigenvalue weighted by Crippen LogP contribution is -2.41. The van der Waals surface area contributed by atoms with Crippen molar-refractivity contribution in [3.8, 4) is 11.1 Å². The van der Waals surface area contributed by atoms with Crippen LogP contribution in [-0.4, -0.2) is 29.8 Å². The molecule has 1 aliphatic rings. The third-order valence-electron chi connectivity index (χ3n) is 5.20. The number of allylic oxidation sites excluding steroid dienone is 1. The topological polar surface area (TPSA) is 75.6 Å². The molecule has 0 saturated carbocycles. The minimum Gasteiger partial charge on any atom is -0.480 e. The molecule has 0 bridgehead atoms. The zero-order valence-electron chi connectivity index (χ0n) is 16.6. The van der Waals surface area contributed by atoms with Crippen LogP contribution in [0.25, 0.3) is 11.1 Å². The Hall–Kier alpha value is -3.08. The number of hydrogen-bond acceptors (Lipinski definition) is 3. The Labute approximate surface area is 171 Å². The van der Waals surface area contributed by atoms with E-state index < -0.39 is 18.1 Å². The second-order valence-corrected chi connectivity index (χ2v) is 7.21. The van der Waals surface area contributed by atoms with Crippen molar-refractivity contribution in [1.29, 1.82) is 0 Å². The van der Waals surface area contributed by atoms with Crippen molar-refractivity contribution in [2.75, 3.05) is 6.61 Å². The van der Waals surface area contributed by atoms with E-state index in [9.17, 15) is 14.7 Å². The quantitative estimate of drug-likeness (QED) is 0.458. The molecule has 0 saturated heterocycles. The number of hydrogen-bond donors (Lipinski definition) is 2. The van der Waals surface area contributed by atoms with E-state index in [1.54, 1.807) is 6.08 Å². The SMILES string of the molecule is CCCC/C=C/CC(NC(=O)OCC1c2ccccc2-c2ccccc21)C(=O)O. The first-order valence-corrected chi connectivity index (χ1v) is 10.1. The Morgan fingerprint density at radius 1 is 1.07 bits per heavy atom. The van der Waals surface area contributed by atoms with E-state index in [1.165, 1.54) is 0 Å². The summed E-state index contributed by atoms with van der Waals surface area (Å²) in [6.45, 7) is 2.27. The number of unbranched alkanes of at least 4 members (excludes halogenated alkanes) is 2. The van der Waals surface area contributed by atoms with E-state index in [4.69, 9.17) is 4.74 Å². The van der Waals surface area contributed by atoms with Gasteiger partial charge in [0, 0.05) is 5.92 Å². The minimum absolute atomic E-state index is 0.0506. The van der Waals surface area contributed by atoms with Crippen molar-refractivity contribution in [3.63, 3.8) is 0 Å². The first kappa shape index (κ1) is 20.6. The van der Waals surface area contributed by atoms with Crippen LogP contribution in [0.2, 0.25) is 0 Å². The second-order valence-electron chi connectivity index (χ2n) is 7.21. The first-order chi connectivity index (χ1) is 14.1. The Morgan fingerprint density at radius 3 is 2.28 bits per heavy atom. The highest BCUT2D eigenvalue weighted by Crippen LogP contribution is 2.44. The second kappa shape index (κ2) is 9.92. The van der Waals surface area contributed by atoms with Crippen molar-refractivity contribution >= 4 is 12.1 Å². The van der Waals surface area contributed by atoms with Gasteiger partial charge in [-0.2, -0.15) is 0 Å². The summed E-state index contributed by atoms with van der Waals surface area (Å²) in [6.07, 6.45) is 6.36. The van der Waals surface area contributed by atoms with Crippen LogP contribution in [0.1, 0.15) is 49.7 Å². The van der Waals surface area contributed by atoms with Crippen molar-refractivity contribution in [3.05, 3.63) is 71.8 Å². The van der Waals surface area contributed by atoms with Gasteiger partial charge in [-0.3, -0.25) is 0 Å². The molecule has 1 atom stereocenters. The lowest BCUT2D eigenvalue weighted by molar-refractivity contribution is -0.139. The molecule has 0 radical (unpaired) electrons. The highest BCUT2D eigenvalue weighted by molar-refractivity contribution is 5.81. The molecule has 0 aliphatic heterocycles. The van der Waals surface area contributed by atoms with Crippen LogP contribution in [0.4, 0.5) is 4.79 Å². The normalized spacial score (nSPS) is 13.7. The van der Waals surface area contributed by atoms with Crippen LogP contribution in [0.15, 0.2) is 60.7 Å². The Morgan fingerprint density at radius 2 is 1.69 bits per heavy atom. The van der Waals surface area contributed by atoms with Crippen LogP contribution < -0.4 is 5.32 Å². The number of carboxylic acids is 1. The number of carbonyl (C=O) groups is 2. The zero-order chi connectivity index (χ0) is 20.6. The number of nitrogens with one attached hydrogen (secondary N) is 1. The molecule has 5 heteroatoms. The molecular weight excluding hydrogens is 366 g/mol. The summed E-state index contributed by atoms with van der Waals surface area (Å²) in [6, 6.07) is 15.2. The highest BCUT2D eigenvalue weighted by Gasteiger charge is 2.29. The lowest BCUT2D eigenvalue weighted by Gasteiger charge is -2.16. The fourth-order valence-electron chi connectivity index (χ4n) is 3.68. The Balaban J connectivity index is 1.60. The molecule has 2 aromatic carbocycles. The van der Waals surface area contributed by atoms with Gasteiger partial charge in [-0.05, 0) is 35.1 Å². The Bertz CT molecular complexity index is 844. The van der Waals surface area contributed by atoms with Crippen LogP contribution in [0, 0.1) is 0 Å². The van der Waals surface area contributed by atoms with E-state index in [0.29, 0.717) is 0 Å². The molecular formula is C24H27NO4. The molecule has 1 amide bonds. The predicted octanol–water partition coefficient (Wildman–Crippen LogP) is 5.11. The molecule has 1 aliphatic carbocycles. The summed E-state index contributed by atoms with van der Waals surface area (Å²) in [5.41, 5.74) is 4.54. The smallest absolute Gasteiger partial charge is 0.407 e. The van der Waals surface area contributed by atoms with E-state index in [0.717, 1.165) is 41.5 Å². The standard InChI is InChI=1S/C24H27NO4/c1-2-3-4-5-6-15-22(23(26)27)25-24(28)29-16-21-19-13-9-7-11-17(19)18-12-8-10-14-20(18)21/h5-14,21-22H,2-4,15-16H2,1H3,(H,25,28)(H,26,27)/b6-5+. The molecule has 2 N–H and O–H groups in total. The van der Waals surface area contributed by atoms with Crippen LogP contribution in [0.5, 0.6) is 0 Å². The number of amides is 1. The number of aliphatic carboxylic acids is 1. The molecule has 29 heavy (non-hydrogen) atoms. The summed E-state index contributed by atoms with van der Waals surface area (Å²) in [5.74, 6) is -1.12. The fourth-order valence-corrected chi connectivity index (χ4v) is 3.68. The molecule has 0 aromatic heterocycles. The number of alkyl carbamates (subject to hydrolysis) is 1. The largest absolute Gasteiger partial charge is 0.480 e. The molecule has 0 fully saturated rings. The van der Waals surface area contributed by atoms with Crippen molar-refractivity contribution in [2.24, 2.45) is 0 Å². The predicted molar refractivity (Wildman–Crippen MR) is 113 cm³/mol. The van der Waals surface area contributed by atoms with E-state index in [1.807, 2.05) is 42.5 Å². The zero-order valence-corrected chi connectivity index (χ0v) is 16.6. The van der Waals surface area contributed by atoms with Gasteiger partial charge in [0.25, 0.3) is 0 Å². The van der Waals surface area contributed by atoms with Gasteiger partial charge in [-0.15, -0.1) is 0 Å². The van der Waals surface area contributed by atoms with Crippen molar-refractivity contribution in [1.82, 2.24) is 5.32 Å². The summed E-state index contributed by atoms with van der Waals surface area (Å²) in [4.78, 5) is 23.7. The summed E-state index contributed by atoms with van der Waals surface area (Å²) in [7, 11) is 0. The third-order valence-corrected chi connectivity index (χ3v) is 5.20. The summed E-state index contributed by atoms with van der Waals surface area (Å²) < 4.78 is 5.43. The molecule has 0 spiro atoms. The molecule has 0 heterocycles. The van der Waals surface area contributed by atoms with Gasteiger partial charge >= 0.3 is 12.1 Å². The van der Waals surface area contributed by atoms with Gasteiger partial charge in [-0.1, -0.05) is 80.4 Å². The van der Waals surface area contributed by atoms with Gasteiger partial charge in [0.1, 0.15) is 12.6 Å². The number of rotatable bonds is 9. The molecule has 152 valence electrons. The third kappa shape index (κ3) is 5.05. The summed E-state index contributed by atoms with van der Waals surface area (Å²) in [5, 5.41) is 11.8. The number of ether oxygens (including phenoxy) is 1. The van der Waals surface area contributed by atoms with Gasteiger partial charge < -0.3 is 15.2 Å². The lowest BCUT2D eigenvalue weighted by atomic mass is 9.98. The monoisotopic (exact) mass is 393 g/mol. The van der Waals surface area contributed by atoms with Gasteiger partial charge in [0.05, 0.1) is 0 Å². The number of fused-ring (bicyclic) bond motifs is 3. The molecule has 1 unspecified atom stereocenters. The molecule has 2 aromatic rings. The maximum absolute atomic E-state index is 12.3. The molecule has 3 rings (SSSR count). The first-order valence-electron chi connectivity index (χ1n) is 10.1.